The van der Waals surface area contributed by atoms with Crippen molar-refractivity contribution >= 4 is 22.6 Å². The maximum Gasteiger partial charge on any atom is 0.185 e. The van der Waals surface area contributed by atoms with Crippen LogP contribution in [0.25, 0.3) is 0 Å². The first-order chi connectivity index (χ1) is 7.58. The van der Waals surface area contributed by atoms with Gasteiger partial charge >= 0.3 is 0 Å². The van der Waals surface area contributed by atoms with Gasteiger partial charge in [-0.1, -0.05) is 23.6 Å². The third-order valence-corrected chi connectivity index (χ3v) is 2.50. The second-order valence-electron chi connectivity index (χ2n) is 3.17. The quantitative estimate of drug-likeness (QED) is 0.488. The van der Waals surface area contributed by atoms with E-state index in [0.29, 0.717) is 23.4 Å². The Balaban J connectivity index is 2.53. The van der Waals surface area contributed by atoms with Crippen LogP contribution in [0.3, 0.4) is 0 Å². The molecule has 0 saturated carbocycles. The number of benzene rings is 1. The number of nitrogen functional groups attached to an aromatic ring is 1. The number of carbonyl (C=O) groups is 1. The lowest BCUT2D eigenvalue weighted by atomic mass is 10.2. The van der Waals surface area contributed by atoms with Gasteiger partial charge in [0.1, 0.15) is 5.82 Å². The number of carbonyl (C=O) groups excluding carboxylic acids is 1. The maximum atomic E-state index is 12.9. The molecule has 0 aromatic heterocycles. The van der Waals surface area contributed by atoms with Crippen LogP contribution in [-0.2, 0) is 4.79 Å². The Bertz CT molecular complexity index is 428. The molecule has 0 unspecified atom stereocenters. The molecule has 0 atom stereocenters. The van der Waals surface area contributed by atoms with E-state index in [9.17, 15) is 9.18 Å². The van der Waals surface area contributed by atoms with Gasteiger partial charge in [-0.15, -0.1) is 0 Å². The number of thioether (sulfide) groups is 1. The molecular weight excluding hydrogens is 225 g/mol. The van der Waals surface area contributed by atoms with Gasteiger partial charge in [-0.3, -0.25) is 4.79 Å². The van der Waals surface area contributed by atoms with E-state index in [-0.39, 0.29) is 10.9 Å². The average molecular weight is 237 g/mol. The summed E-state index contributed by atoms with van der Waals surface area (Å²) in [4.78, 5) is 10.6. The predicted octanol–water partition coefficient (Wildman–Crippen LogP) is 2.43. The van der Waals surface area contributed by atoms with Crippen molar-refractivity contribution in [3.05, 3.63) is 29.6 Å². The highest BCUT2D eigenvalue weighted by atomic mass is 32.2. The van der Waals surface area contributed by atoms with E-state index < -0.39 is 0 Å². The molecule has 4 heteroatoms. The fourth-order valence-corrected chi connectivity index (χ4v) is 1.59. The Morgan fingerprint density at radius 2 is 2.25 bits per heavy atom. The zero-order chi connectivity index (χ0) is 12.0. The van der Waals surface area contributed by atoms with Gasteiger partial charge in [-0.2, -0.15) is 0 Å². The summed E-state index contributed by atoms with van der Waals surface area (Å²) in [6, 6.07) is 4.20. The molecule has 0 amide bonds. The summed E-state index contributed by atoms with van der Waals surface area (Å²) in [5, 5.41) is 0.0804. The minimum atomic E-state index is -0.387. The van der Waals surface area contributed by atoms with Gasteiger partial charge < -0.3 is 5.73 Å². The molecule has 0 bridgehead atoms. The molecule has 1 aromatic rings. The summed E-state index contributed by atoms with van der Waals surface area (Å²) in [6.45, 7) is 1.52. The van der Waals surface area contributed by atoms with E-state index in [0.717, 1.165) is 0 Å². The summed E-state index contributed by atoms with van der Waals surface area (Å²) in [6.07, 6.45) is 0.598. The molecule has 16 heavy (non-hydrogen) atoms. The van der Waals surface area contributed by atoms with Crippen LogP contribution in [0.2, 0.25) is 0 Å². The molecule has 0 saturated heterocycles. The minimum absolute atomic E-state index is 0.0804. The molecule has 2 N–H and O–H groups in total. The predicted molar refractivity (Wildman–Crippen MR) is 65.4 cm³/mol. The van der Waals surface area contributed by atoms with Crippen molar-refractivity contribution in [1.29, 1.82) is 0 Å². The minimum Gasteiger partial charge on any atom is -0.399 e. The van der Waals surface area contributed by atoms with Crippen LogP contribution < -0.4 is 5.73 Å². The lowest BCUT2D eigenvalue weighted by molar-refractivity contribution is -0.109. The first-order valence-corrected chi connectivity index (χ1v) is 5.75. The van der Waals surface area contributed by atoms with E-state index in [1.165, 1.54) is 30.8 Å². The van der Waals surface area contributed by atoms with Crippen LogP contribution in [0.1, 0.15) is 18.9 Å². The van der Waals surface area contributed by atoms with Gasteiger partial charge in [-0.25, -0.2) is 4.39 Å². The van der Waals surface area contributed by atoms with Gasteiger partial charge in [0, 0.05) is 30.3 Å². The highest BCUT2D eigenvalue weighted by Gasteiger charge is 1.95. The summed E-state index contributed by atoms with van der Waals surface area (Å²) < 4.78 is 12.9. The number of hydrogen-bond acceptors (Lipinski definition) is 3. The summed E-state index contributed by atoms with van der Waals surface area (Å²) >= 11 is 1.23. The highest BCUT2D eigenvalue weighted by Crippen LogP contribution is 2.09. The van der Waals surface area contributed by atoms with Gasteiger partial charge in [-0.05, 0) is 18.2 Å². The number of anilines is 1. The second-order valence-corrected chi connectivity index (χ2v) is 4.44. The Labute approximate surface area is 98.4 Å². The van der Waals surface area contributed by atoms with E-state index in [2.05, 4.69) is 11.8 Å². The van der Waals surface area contributed by atoms with Gasteiger partial charge in [0.05, 0.1) is 0 Å². The second kappa shape index (κ2) is 6.19. The van der Waals surface area contributed by atoms with Crippen LogP contribution in [-0.4, -0.2) is 10.9 Å². The molecule has 0 radical (unpaired) electrons. The Morgan fingerprint density at radius 1 is 1.50 bits per heavy atom. The lowest BCUT2D eigenvalue weighted by Crippen LogP contribution is -1.88. The van der Waals surface area contributed by atoms with Crippen LogP contribution >= 0.6 is 11.8 Å². The van der Waals surface area contributed by atoms with Crippen LogP contribution in [0.15, 0.2) is 18.2 Å². The fourth-order valence-electron chi connectivity index (χ4n) is 1.09. The fraction of sp³-hybridized carbons (Fsp3) is 0.250. The van der Waals surface area contributed by atoms with Crippen molar-refractivity contribution < 1.29 is 9.18 Å². The van der Waals surface area contributed by atoms with Gasteiger partial charge in [0.15, 0.2) is 5.12 Å². The normalized spacial score (nSPS) is 9.38. The third-order valence-electron chi connectivity index (χ3n) is 1.69. The average Bonchev–Trinajstić information content (AvgIpc) is 2.15. The highest BCUT2D eigenvalue weighted by molar-refractivity contribution is 8.13. The summed E-state index contributed by atoms with van der Waals surface area (Å²) in [5.41, 5.74) is 6.40. The Hall–Kier alpha value is -1.47. The summed E-state index contributed by atoms with van der Waals surface area (Å²) in [7, 11) is 0. The van der Waals surface area contributed by atoms with Crippen molar-refractivity contribution in [3.63, 3.8) is 0 Å². The molecule has 0 fully saturated rings. The monoisotopic (exact) mass is 237 g/mol. The van der Waals surface area contributed by atoms with E-state index in [1.807, 2.05) is 0 Å². The molecule has 2 nitrogen and oxygen atoms in total. The molecule has 0 aliphatic carbocycles. The molecule has 84 valence electrons. The Kier molecular flexibility index (Phi) is 4.87. The molecule has 0 aliphatic rings. The lowest BCUT2D eigenvalue weighted by Gasteiger charge is -1.95. The first-order valence-electron chi connectivity index (χ1n) is 4.76. The van der Waals surface area contributed by atoms with Gasteiger partial charge in [0.2, 0.25) is 0 Å². The Morgan fingerprint density at radius 3 is 2.88 bits per heavy atom. The molecule has 0 aliphatic heterocycles. The summed E-state index contributed by atoms with van der Waals surface area (Å²) in [5.74, 6) is 5.94. The maximum absolute atomic E-state index is 12.9. The standard InChI is InChI=1S/C12H12FNOS/c1-9(15)16-5-3-2-4-10-6-11(13)8-12(14)7-10/h6-8H,3,5,14H2,1H3. The topological polar surface area (TPSA) is 43.1 Å². The SMILES string of the molecule is CC(=O)SCCC#Cc1cc(N)cc(F)c1. The molecule has 0 spiro atoms. The first kappa shape index (κ1) is 12.6. The van der Waals surface area contributed by atoms with Crippen LogP contribution in [0, 0.1) is 17.7 Å². The van der Waals surface area contributed by atoms with Crippen molar-refractivity contribution in [3.8, 4) is 11.8 Å². The van der Waals surface area contributed by atoms with Crippen molar-refractivity contribution in [2.75, 3.05) is 11.5 Å². The molecular formula is C12H12FNOS. The largest absolute Gasteiger partial charge is 0.399 e. The zero-order valence-corrected chi connectivity index (χ0v) is 9.73. The number of rotatable bonds is 2. The van der Waals surface area contributed by atoms with E-state index >= 15 is 0 Å². The number of hydrogen-bond donors (Lipinski definition) is 1. The van der Waals surface area contributed by atoms with Crippen molar-refractivity contribution in [2.24, 2.45) is 0 Å². The molecule has 1 rings (SSSR count). The molecule has 1 aromatic carbocycles. The van der Waals surface area contributed by atoms with Gasteiger partial charge in [0.25, 0.3) is 0 Å². The third kappa shape index (κ3) is 4.85. The van der Waals surface area contributed by atoms with Crippen LogP contribution in [0.5, 0.6) is 0 Å². The smallest absolute Gasteiger partial charge is 0.185 e. The number of nitrogens with two attached hydrogens (primary N) is 1. The zero-order valence-electron chi connectivity index (χ0n) is 8.92. The van der Waals surface area contributed by atoms with Crippen molar-refractivity contribution in [1.82, 2.24) is 0 Å². The van der Waals surface area contributed by atoms with E-state index in [4.69, 9.17) is 5.73 Å². The van der Waals surface area contributed by atoms with Crippen molar-refractivity contribution in [2.45, 2.75) is 13.3 Å². The van der Waals surface area contributed by atoms with E-state index in [1.54, 1.807) is 6.07 Å². The number of halogens is 1. The van der Waals surface area contributed by atoms with Crippen LogP contribution in [0.4, 0.5) is 10.1 Å². The molecule has 0 heterocycles.